The molecule has 0 fully saturated rings. The van der Waals surface area contributed by atoms with E-state index in [4.69, 9.17) is 5.73 Å². The quantitative estimate of drug-likeness (QED) is 0.820. The Bertz CT molecular complexity index is 443. The Hall–Kier alpha value is -1.12. The molecule has 0 amide bonds. The van der Waals surface area contributed by atoms with Crippen LogP contribution < -0.4 is 5.73 Å². The first-order chi connectivity index (χ1) is 7.10. The highest BCUT2D eigenvalue weighted by Gasteiger charge is 2.24. The topological polar surface area (TPSA) is 26.0 Å². The number of hydrogen-bond donors (Lipinski definition) is 1. The van der Waals surface area contributed by atoms with E-state index in [0.717, 1.165) is 0 Å². The van der Waals surface area contributed by atoms with Crippen LogP contribution in [-0.4, -0.2) is 0 Å². The summed E-state index contributed by atoms with van der Waals surface area (Å²) in [7, 11) is 0. The van der Waals surface area contributed by atoms with Crippen molar-refractivity contribution < 1.29 is 0 Å². The van der Waals surface area contributed by atoms with Crippen LogP contribution in [0.25, 0.3) is 0 Å². The summed E-state index contributed by atoms with van der Waals surface area (Å²) >= 11 is 1.71. The number of thiophene rings is 1. The van der Waals surface area contributed by atoms with Gasteiger partial charge in [0.25, 0.3) is 0 Å². The van der Waals surface area contributed by atoms with E-state index in [1.165, 1.54) is 16.0 Å². The molecule has 0 spiro atoms. The lowest BCUT2D eigenvalue weighted by molar-refractivity contribution is 0.616. The maximum Gasteiger partial charge on any atom is 0.0730 e. The van der Waals surface area contributed by atoms with Crippen LogP contribution in [0.5, 0.6) is 0 Å². The molecule has 2 N–H and O–H groups in total. The molecule has 0 saturated carbocycles. The van der Waals surface area contributed by atoms with Gasteiger partial charge in [-0.3, -0.25) is 0 Å². The fourth-order valence-corrected chi connectivity index (χ4v) is 2.51. The van der Waals surface area contributed by atoms with E-state index in [1.807, 2.05) is 6.07 Å². The van der Waals surface area contributed by atoms with Crippen molar-refractivity contribution in [3.05, 3.63) is 57.8 Å². The van der Waals surface area contributed by atoms with Gasteiger partial charge in [0, 0.05) is 4.88 Å². The maximum atomic E-state index is 6.38. The zero-order valence-corrected chi connectivity index (χ0v) is 9.84. The molecule has 0 aliphatic carbocycles. The average Bonchev–Trinajstić information content (AvgIpc) is 2.71. The summed E-state index contributed by atoms with van der Waals surface area (Å²) < 4.78 is 0. The van der Waals surface area contributed by atoms with Crippen LogP contribution in [-0.2, 0) is 5.54 Å². The zero-order valence-electron chi connectivity index (χ0n) is 9.03. The van der Waals surface area contributed by atoms with Gasteiger partial charge in [0.2, 0.25) is 0 Å². The van der Waals surface area contributed by atoms with Crippen LogP contribution in [0.4, 0.5) is 0 Å². The van der Waals surface area contributed by atoms with Gasteiger partial charge in [0.15, 0.2) is 0 Å². The molecule has 0 bridgehead atoms. The Labute approximate surface area is 94.6 Å². The molecule has 2 rings (SSSR count). The van der Waals surface area contributed by atoms with Crippen molar-refractivity contribution in [3.8, 4) is 0 Å². The molecule has 78 valence electrons. The van der Waals surface area contributed by atoms with E-state index in [1.54, 1.807) is 11.3 Å². The third-order valence-corrected chi connectivity index (χ3v) is 3.76. The zero-order chi connectivity index (χ0) is 10.9. The Kier molecular flexibility index (Phi) is 2.63. The fraction of sp³-hybridized carbons (Fsp3) is 0.231. The first kappa shape index (κ1) is 10.4. The molecule has 2 aromatic rings. The smallest absolute Gasteiger partial charge is 0.0730 e. The van der Waals surface area contributed by atoms with Crippen LogP contribution in [0.15, 0.2) is 41.8 Å². The van der Waals surface area contributed by atoms with Crippen LogP contribution in [0.1, 0.15) is 22.9 Å². The lowest BCUT2D eigenvalue weighted by Crippen LogP contribution is -2.33. The van der Waals surface area contributed by atoms with Crippen LogP contribution in [0, 0.1) is 6.92 Å². The minimum Gasteiger partial charge on any atom is -0.317 e. The average molecular weight is 217 g/mol. The lowest BCUT2D eigenvalue weighted by Gasteiger charge is -2.24. The number of aryl methyl sites for hydroxylation is 1. The van der Waals surface area contributed by atoms with E-state index in [9.17, 15) is 0 Å². The normalized spacial score (nSPS) is 14.9. The molecule has 1 unspecified atom stereocenters. The highest BCUT2D eigenvalue weighted by Crippen LogP contribution is 2.30. The van der Waals surface area contributed by atoms with Crippen molar-refractivity contribution in [2.75, 3.05) is 0 Å². The van der Waals surface area contributed by atoms with Gasteiger partial charge in [0.05, 0.1) is 5.54 Å². The highest BCUT2D eigenvalue weighted by atomic mass is 32.1. The number of hydrogen-bond acceptors (Lipinski definition) is 2. The van der Waals surface area contributed by atoms with Gasteiger partial charge in [-0.1, -0.05) is 35.9 Å². The Morgan fingerprint density at radius 3 is 2.60 bits per heavy atom. The van der Waals surface area contributed by atoms with E-state index in [-0.39, 0.29) is 5.54 Å². The van der Waals surface area contributed by atoms with E-state index < -0.39 is 0 Å². The second kappa shape index (κ2) is 3.80. The molecule has 1 nitrogen and oxygen atoms in total. The third kappa shape index (κ3) is 1.96. The molecule has 1 aromatic carbocycles. The Morgan fingerprint density at radius 1 is 1.20 bits per heavy atom. The van der Waals surface area contributed by atoms with Crippen molar-refractivity contribution in [3.63, 3.8) is 0 Å². The molecular formula is C13H15NS. The van der Waals surface area contributed by atoms with Crippen molar-refractivity contribution in [2.24, 2.45) is 5.73 Å². The van der Waals surface area contributed by atoms with Crippen molar-refractivity contribution in [1.29, 1.82) is 0 Å². The molecule has 15 heavy (non-hydrogen) atoms. The minimum absolute atomic E-state index is 0.375. The number of nitrogens with two attached hydrogens (primary N) is 1. The Morgan fingerprint density at radius 2 is 2.00 bits per heavy atom. The summed E-state index contributed by atoms with van der Waals surface area (Å²) in [5.74, 6) is 0. The summed E-state index contributed by atoms with van der Waals surface area (Å²) in [6.45, 7) is 4.15. The van der Waals surface area contributed by atoms with Gasteiger partial charge in [-0.15, -0.1) is 11.3 Å². The largest absolute Gasteiger partial charge is 0.317 e. The Balaban J connectivity index is 2.46. The predicted octanol–water partition coefficient (Wildman–Crippen LogP) is 3.28. The lowest BCUT2D eigenvalue weighted by atomic mass is 9.90. The third-order valence-electron chi connectivity index (χ3n) is 2.65. The van der Waals surface area contributed by atoms with Crippen LogP contribution in [0.3, 0.4) is 0 Å². The van der Waals surface area contributed by atoms with Gasteiger partial charge < -0.3 is 5.73 Å². The van der Waals surface area contributed by atoms with Crippen molar-refractivity contribution in [1.82, 2.24) is 0 Å². The monoisotopic (exact) mass is 217 g/mol. The molecular weight excluding hydrogens is 202 g/mol. The van der Waals surface area contributed by atoms with E-state index >= 15 is 0 Å². The SMILES string of the molecule is Cc1cccc(C(C)(N)c2cccs2)c1. The molecule has 0 saturated heterocycles. The van der Waals surface area contributed by atoms with Crippen molar-refractivity contribution >= 4 is 11.3 Å². The summed E-state index contributed by atoms with van der Waals surface area (Å²) in [4.78, 5) is 1.20. The maximum absolute atomic E-state index is 6.38. The molecule has 1 aromatic heterocycles. The van der Waals surface area contributed by atoms with E-state index in [2.05, 4.69) is 49.6 Å². The second-order valence-electron chi connectivity index (χ2n) is 4.05. The summed E-state index contributed by atoms with van der Waals surface area (Å²) in [5.41, 5.74) is 8.43. The summed E-state index contributed by atoms with van der Waals surface area (Å²) in [5, 5.41) is 2.07. The first-order valence-corrected chi connectivity index (χ1v) is 5.88. The second-order valence-corrected chi connectivity index (χ2v) is 5.00. The van der Waals surface area contributed by atoms with Gasteiger partial charge in [-0.05, 0) is 30.9 Å². The highest BCUT2D eigenvalue weighted by molar-refractivity contribution is 7.10. The van der Waals surface area contributed by atoms with Crippen LogP contribution in [0.2, 0.25) is 0 Å². The van der Waals surface area contributed by atoms with Gasteiger partial charge in [-0.25, -0.2) is 0 Å². The molecule has 0 aliphatic heterocycles. The first-order valence-electron chi connectivity index (χ1n) is 5.01. The minimum atomic E-state index is -0.375. The van der Waals surface area contributed by atoms with Crippen molar-refractivity contribution in [2.45, 2.75) is 19.4 Å². The summed E-state index contributed by atoms with van der Waals surface area (Å²) in [6.07, 6.45) is 0. The number of rotatable bonds is 2. The number of benzene rings is 1. The summed E-state index contributed by atoms with van der Waals surface area (Å²) in [6, 6.07) is 12.5. The van der Waals surface area contributed by atoms with Gasteiger partial charge in [0.1, 0.15) is 0 Å². The van der Waals surface area contributed by atoms with Gasteiger partial charge in [-0.2, -0.15) is 0 Å². The van der Waals surface area contributed by atoms with Gasteiger partial charge >= 0.3 is 0 Å². The molecule has 1 heterocycles. The fourth-order valence-electron chi connectivity index (χ4n) is 1.68. The van der Waals surface area contributed by atoms with E-state index in [0.29, 0.717) is 0 Å². The standard InChI is InChI=1S/C13H15NS/c1-10-5-3-6-11(9-10)13(2,14)12-7-4-8-15-12/h3-9H,14H2,1-2H3. The predicted molar refractivity (Wildman–Crippen MR) is 66.1 cm³/mol. The molecule has 1 atom stereocenters. The van der Waals surface area contributed by atoms with Crippen LogP contribution >= 0.6 is 11.3 Å². The molecule has 0 aliphatic rings. The molecule has 0 radical (unpaired) electrons. The molecule has 2 heteroatoms.